The fraction of sp³-hybridized carbons (Fsp3) is 0.684. The molecular weight excluding hydrogens is 258 g/mol. The predicted molar refractivity (Wildman–Crippen MR) is 83.8 cm³/mol. The first-order valence-electron chi connectivity index (χ1n) is 8.86. The summed E-state index contributed by atoms with van der Waals surface area (Å²) in [4.78, 5) is 0. The molecule has 0 radical (unpaired) electrons. The van der Waals surface area contributed by atoms with Crippen LogP contribution in [0, 0.1) is 11.3 Å². The molecule has 1 aromatic rings. The Labute approximate surface area is 127 Å². The normalized spacial score (nSPS) is 46.5. The fourth-order valence-corrected chi connectivity index (χ4v) is 6.54. The molecule has 1 aromatic carbocycles. The van der Waals surface area contributed by atoms with Crippen molar-refractivity contribution in [1.82, 2.24) is 5.32 Å². The topological polar surface area (TPSA) is 21.3 Å². The summed E-state index contributed by atoms with van der Waals surface area (Å²) in [6.07, 6.45) is 7.21. The van der Waals surface area contributed by atoms with Crippen LogP contribution >= 0.6 is 0 Å². The van der Waals surface area contributed by atoms with E-state index in [-0.39, 0.29) is 0 Å². The zero-order valence-electron chi connectivity index (χ0n) is 13.1. The molecular formula is C19H25NO. The second-order valence-corrected chi connectivity index (χ2v) is 7.55. The second-order valence-electron chi connectivity index (χ2n) is 7.55. The summed E-state index contributed by atoms with van der Waals surface area (Å²) >= 11 is 0. The van der Waals surface area contributed by atoms with E-state index in [0.29, 0.717) is 16.9 Å². The van der Waals surface area contributed by atoms with E-state index in [1.807, 2.05) is 13.8 Å². The zero-order chi connectivity index (χ0) is 14.2. The summed E-state index contributed by atoms with van der Waals surface area (Å²) < 4.78 is 6.42. The van der Waals surface area contributed by atoms with Gasteiger partial charge in [0, 0.05) is 29.0 Å². The highest BCUT2D eigenvalue weighted by molar-refractivity contribution is 5.57. The fourth-order valence-electron chi connectivity index (χ4n) is 6.54. The molecule has 2 saturated carbocycles. The molecule has 6 rings (SSSR count). The number of nitrogens with one attached hydrogen (secondary N) is 1. The Morgan fingerprint density at radius 3 is 2.95 bits per heavy atom. The summed E-state index contributed by atoms with van der Waals surface area (Å²) in [5, 5.41) is 3.79. The van der Waals surface area contributed by atoms with Crippen LogP contribution in [0.3, 0.4) is 0 Å². The molecule has 3 aliphatic carbocycles. The maximum atomic E-state index is 6.42. The quantitative estimate of drug-likeness (QED) is 0.787. The van der Waals surface area contributed by atoms with Crippen LogP contribution in [0.5, 0.6) is 5.75 Å². The van der Waals surface area contributed by atoms with Crippen molar-refractivity contribution in [3.63, 3.8) is 0 Å². The van der Waals surface area contributed by atoms with Gasteiger partial charge in [0.15, 0.2) is 0 Å². The molecule has 21 heavy (non-hydrogen) atoms. The van der Waals surface area contributed by atoms with Gasteiger partial charge < -0.3 is 10.1 Å². The lowest BCUT2D eigenvalue weighted by Crippen LogP contribution is -2.62. The van der Waals surface area contributed by atoms with Gasteiger partial charge in [0.2, 0.25) is 0 Å². The van der Waals surface area contributed by atoms with Crippen LogP contribution in [0.15, 0.2) is 18.2 Å². The summed E-state index contributed by atoms with van der Waals surface area (Å²) in [5.41, 5.74) is 4.21. The van der Waals surface area contributed by atoms with Crippen molar-refractivity contribution in [3.05, 3.63) is 29.3 Å². The first kappa shape index (κ1) is 12.5. The van der Waals surface area contributed by atoms with E-state index >= 15 is 0 Å². The van der Waals surface area contributed by atoms with E-state index in [1.54, 1.807) is 11.1 Å². The second kappa shape index (κ2) is 3.84. The first-order valence-corrected chi connectivity index (χ1v) is 8.86. The third-order valence-electron chi connectivity index (χ3n) is 6.99. The van der Waals surface area contributed by atoms with Gasteiger partial charge in [-0.25, -0.2) is 0 Å². The number of ether oxygens (including phenoxy) is 1. The number of benzene rings is 1. The minimum Gasteiger partial charge on any atom is -0.489 e. The Hall–Kier alpha value is -1.02. The molecule has 0 aromatic heterocycles. The van der Waals surface area contributed by atoms with E-state index in [0.717, 1.165) is 12.0 Å². The van der Waals surface area contributed by atoms with Crippen LogP contribution in [0.25, 0.3) is 0 Å². The highest BCUT2D eigenvalue weighted by atomic mass is 16.5. The van der Waals surface area contributed by atoms with Gasteiger partial charge in [-0.05, 0) is 49.7 Å². The molecule has 3 fully saturated rings. The van der Waals surface area contributed by atoms with Crippen LogP contribution in [-0.2, 0) is 11.8 Å². The molecule has 1 saturated heterocycles. The Morgan fingerprint density at radius 2 is 2.14 bits per heavy atom. The Morgan fingerprint density at radius 1 is 1.24 bits per heavy atom. The molecule has 112 valence electrons. The van der Waals surface area contributed by atoms with E-state index in [4.69, 9.17) is 4.74 Å². The summed E-state index contributed by atoms with van der Waals surface area (Å²) in [7, 11) is 0. The van der Waals surface area contributed by atoms with Gasteiger partial charge in [0.25, 0.3) is 0 Å². The molecule has 1 N–H and O–H groups in total. The lowest BCUT2D eigenvalue weighted by atomic mass is 9.59. The molecule has 5 atom stereocenters. The van der Waals surface area contributed by atoms with Crippen LogP contribution in [-0.4, -0.2) is 18.7 Å². The van der Waals surface area contributed by atoms with E-state index < -0.39 is 0 Å². The van der Waals surface area contributed by atoms with Gasteiger partial charge in [-0.3, -0.25) is 0 Å². The van der Waals surface area contributed by atoms with Crippen molar-refractivity contribution in [2.45, 2.75) is 63.5 Å². The number of fused-ring (bicyclic) bond motifs is 1. The summed E-state index contributed by atoms with van der Waals surface area (Å²) in [5.74, 6) is 2.07. The smallest absolute Gasteiger partial charge is 0.123 e. The standard InChI is InChI=1S/C17H19NO.C2H6/c1-3-10-7-16-8-17-11(15(16)18-9-16)4-2-6-13(17)19-12(5-1)14(10)17;1-2/h1,3,5,11,13,15,18H,2,4,6-9H2;1-2H3/t11?,13-,15?,16?,17?;/m0./s1. The molecule has 2 heteroatoms. The van der Waals surface area contributed by atoms with Gasteiger partial charge >= 0.3 is 0 Å². The Bertz CT molecular complexity index is 612. The molecule has 5 aliphatic rings. The van der Waals surface area contributed by atoms with Gasteiger partial charge in [0.1, 0.15) is 11.9 Å². The molecule has 2 spiro atoms. The van der Waals surface area contributed by atoms with Crippen molar-refractivity contribution in [1.29, 1.82) is 0 Å². The average molecular weight is 283 g/mol. The summed E-state index contributed by atoms with van der Waals surface area (Å²) in [6.45, 7) is 5.24. The average Bonchev–Trinajstić information content (AvgIpc) is 2.91. The minimum absolute atomic E-state index is 0.386. The van der Waals surface area contributed by atoms with E-state index in [2.05, 4.69) is 23.5 Å². The number of rotatable bonds is 0. The van der Waals surface area contributed by atoms with Gasteiger partial charge in [-0.1, -0.05) is 26.0 Å². The van der Waals surface area contributed by atoms with Crippen LogP contribution in [0.2, 0.25) is 0 Å². The van der Waals surface area contributed by atoms with Crippen molar-refractivity contribution >= 4 is 0 Å². The Kier molecular flexibility index (Phi) is 2.29. The Balaban J connectivity index is 0.000000502. The van der Waals surface area contributed by atoms with Crippen LogP contribution in [0.4, 0.5) is 0 Å². The predicted octanol–water partition coefficient (Wildman–Crippen LogP) is 3.43. The van der Waals surface area contributed by atoms with Crippen molar-refractivity contribution in [2.24, 2.45) is 11.3 Å². The van der Waals surface area contributed by atoms with Crippen molar-refractivity contribution in [2.75, 3.05) is 6.54 Å². The zero-order valence-corrected chi connectivity index (χ0v) is 13.1. The number of hydrogen-bond acceptors (Lipinski definition) is 2. The van der Waals surface area contributed by atoms with E-state index in [9.17, 15) is 0 Å². The largest absolute Gasteiger partial charge is 0.489 e. The number of hydrogen-bond donors (Lipinski definition) is 1. The van der Waals surface area contributed by atoms with Crippen LogP contribution in [0.1, 0.15) is 50.7 Å². The van der Waals surface area contributed by atoms with Crippen molar-refractivity contribution in [3.8, 4) is 5.75 Å². The highest BCUT2D eigenvalue weighted by Crippen LogP contribution is 2.71. The minimum atomic E-state index is 0.386. The molecule has 2 nitrogen and oxygen atoms in total. The van der Waals surface area contributed by atoms with E-state index in [1.165, 1.54) is 44.4 Å². The highest BCUT2D eigenvalue weighted by Gasteiger charge is 2.73. The van der Waals surface area contributed by atoms with Gasteiger partial charge in [-0.15, -0.1) is 0 Å². The molecule has 4 unspecified atom stereocenters. The van der Waals surface area contributed by atoms with Crippen LogP contribution < -0.4 is 10.1 Å². The molecule has 2 aliphatic heterocycles. The molecule has 2 bridgehead atoms. The third-order valence-corrected chi connectivity index (χ3v) is 6.99. The summed E-state index contributed by atoms with van der Waals surface area (Å²) in [6, 6.07) is 7.57. The van der Waals surface area contributed by atoms with Gasteiger partial charge in [0.05, 0.1) is 0 Å². The monoisotopic (exact) mass is 283 g/mol. The molecule has 2 heterocycles. The third kappa shape index (κ3) is 1.18. The molecule has 0 amide bonds. The maximum absolute atomic E-state index is 6.42. The maximum Gasteiger partial charge on any atom is 0.123 e. The lowest BCUT2D eigenvalue weighted by Gasteiger charge is -2.48. The lowest BCUT2D eigenvalue weighted by molar-refractivity contribution is 0.0628. The van der Waals surface area contributed by atoms with Crippen molar-refractivity contribution < 1.29 is 4.74 Å². The van der Waals surface area contributed by atoms with Gasteiger partial charge in [-0.2, -0.15) is 0 Å². The SMILES string of the molecule is CC.c1cc2c3c(c1)O[C@H]1CCCC4C5NCC5(C2)CC341. The first-order chi connectivity index (χ1) is 10.3.